The van der Waals surface area contributed by atoms with E-state index in [0.29, 0.717) is 26.7 Å². The average Bonchev–Trinajstić information content (AvgIpc) is 3.20. The molecule has 2 aliphatic heterocycles. The lowest BCUT2D eigenvalue weighted by Crippen LogP contribution is -2.71. The van der Waals surface area contributed by atoms with Crippen LogP contribution < -0.4 is 15.9 Å². The number of hydrogen-bond donors (Lipinski definition) is 2. The van der Waals surface area contributed by atoms with Crippen LogP contribution in [0.4, 0.5) is 10.2 Å². The van der Waals surface area contributed by atoms with Crippen molar-refractivity contribution in [3.05, 3.63) is 82.4 Å². The summed E-state index contributed by atoms with van der Waals surface area (Å²) in [6.45, 7) is 1.18. The standard InChI is InChI=1S/C26H23ClFN5O2/c1-31-6-7-33(25(31)35)22-3-2-16(8-21(22)27)19-10-18(28)11-20(24(19)34)17-4-5-30-23(9-17)32-14-26(15-32)12-29-13-26/h2-11,29,34H,12-15H2,1H3/i1D3. The molecule has 2 aliphatic rings. The van der Waals surface area contributed by atoms with Crippen molar-refractivity contribution in [2.75, 3.05) is 31.1 Å². The zero-order valence-corrected chi connectivity index (χ0v) is 19.3. The first-order chi connectivity index (χ1) is 18.0. The van der Waals surface area contributed by atoms with Gasteiger partial charge in [-0.25, -0.2) is 14.2 Å². The van der Waals surface area contributed by atoms with Gasteiger partial charge in [-0.3, -0.25) is 4.57 Å². The van der Waals surface area contributed by atoms with E-state index in [1.807, 2.05) is 6.07 Å². The van der Waals surface area contributed by atoms with Gasteiger partial charge in [-0.05, 0) is 47.5 Å². The minimum atomic E-state index is -2.63. The fraction of sp³-hybridized carbons (Fsp3) is 0.231. The predicted molar refractivity (Wildman–Crippen MR) is 134 cm³/mol. The zero-order valence-electron chi connectivity index (χ0n) is 21.5. The Balaban J connectivity index is 1.34. The van der Waals surface area contributed by atoms with E-state index < -0.39 is 18.5 Å². The second kappa shape index (κ2) is 7.96. The quantitative estimate of drug-likeness (QED) is 0.451. The van der Waals surface area contributed by atoms with Gasteiger partial charge in [0.25, 0.3) is 0 Å². The monoisotopic (exact) mass is 494 g/mol. The minimum absolute atomic E-state index is 0.124. The first-order valence-electron chi connectivity index (χ1n) is 12.6. The number of aromatic nitrogens is 3. The molecular weight excluding hydrogens is 469 g/mol. The second-order valence-electron chi connectivity index (χ2n) is 9.20. The summed E-state index contributed by atoms with van der Waals surface area (Å²) in [6, 6.07) is 10.7. The summed E-state index contributed by atoms with van der Waals surface area (Å²) < 4.78 is 39.0. The molecule has 9 heteroatoms. The fourth-order valence-electron chi connectivity index (χ4n) is 4.86. The van der Waals surface area contributed by atoms with E-state index in [2.05, 4.69) is 15.2 Å². The second-order valence-corrected chi connectivity index (χ2v) is 9.61. The van der Waals surface area contributed by atoms with E-state index >= 15 is 0 Å². The lowest BCUT2D eigenvalue weighted by Gasteiger charge is -2.56. The molecule has 0 aliphatic carbocycles. The van der Waals surface area contributed by atoms with Gasteiger partial charge in [-0.1, -0.05) is 17.7 Å². The molecule has 6 rings (SSSR count). The maximum atomic E-state index is 14.8. The molecule has 1 spiro atoms. The number of benzene rings is 2. The number of hydrogen-bond acceptors (Lipinski definition) is 5. The lowest BCUT2D eigenvalue weighted by atomic mass is 9.74. The Hall–Kier alpha value is -3.62. The minimum Gasteiger partial charge on any atom is -0.507 e. The number of nitrogens with zero attached hydrogens (tertiary/aromatic N) is 4. The highest BCUT2D eigenvalue weighted by Gasteiger charge is 2.47. The molecule has 4 aromatic rings. The van der Waals surface area contributed by atoms with Crippen LogP contribution in [0.3, 0.4) is 0 Å². The van der Waals surface area contributed by atoms with Crippen LogP contribution in [0.25, 0.3) is 27.9 Å². The largest absolute Gasteiger partial charge is 0.507 e. The Kier molecular flexibility index (Phi) is 4.25. The average molecular weight is 495 g/mol. The van der Waals surface area contributed by atoms with Gasteiger partial charge < -0.3 is 19.9 Å². The van der Waals surface area contributed by atoms with Gasteiger partial charge in [0, 0.05) is 72.4 Å². The number of rotatable bonds is 4. The predicted octanol–water partition coefficient (Wildman–Crippen LogP) is 3.81. The number of phenolic OH excluding ortho intramolecular Hbond substituents is 1. The van der Waals surface area contributed by atoms with E-state index in [4.69, 9.17) is 15.7 Å². The maximum Gasteiger partial charge on any atom is 0.332 e. The van der Waals surface area contributed by atoms with Gasteiger partial charge in [-0.2, -0.15) is 0 Å². The number of nitrogens with one attached hydrogen (secondary N) is 1. The Morgan fingerprint density at radius 3 is 2.49 bits per heavy atom. The molecular formula is C26H23ClFN5O2. The third-order valence-corrected chi connectivity index (χ3v) is 7.11. The Bertz CT molecular complexity index is 1620. The third kappa shape index (κ3) is 3.61. The first-order valence-corrected chi connectivity index (χ1v) is 11.5. The molecule has 2 fully saturated rings. The SMILES string of the molecule is [2H]C([2H])([2H])n1ccn(-c2ccc(-c3cc(F)cc(-c4ccnc(N5CC6(CNC6)C5)c4)c3O)cc2Cl)c1=O. The maximum absolute atomic E-state index is 14.8. The number of aryl methyl sites for hydroxylation is 1. The van der Waals surface area contributed by atoms with Crippen LogP contribution in [-0.2, 0) is 6.98 Å². The molecule has 0 bridgehead atoms. The summed E-state index contributed by atoms with van der Waals surface area (Å²) in [6.07, 6.45) is 4.12. The van der Waals surface area contributed by atoms with Crippen molar-refractivity contribution in [3.8, 4) is 33.7 Å². The number of imidazole rings is 1. The van der Waals surface area contributed by atoms with Crippen LogP contribution in [0.15, 0.2) is 65.8 Å². The molecule has 0 atom stereocenters. The first kappa shape index (κ1) is 18.7. The Labute approximate surface area is 210 Å². The topological polar surface area (TPSA) is 75.3 Å². The van der Waals surface area contributed by atoms with E-state index in [1.165, 1.54) is 30.5 Å². The number of anilines is 1. The normalized spacial score (nSPS) is 17.9. The molecule has 2 aromatic carbocycles. The highest BCUT2D eigenvalue weighted by Crippen LogP contribution is 2.42. The van der Waals surface area contributed by atoms with Crippen molar-refractivity contribution in [2.24, 2.45) is 12.4 Å². The molecule has 4 heterocycles. The molecule has 2 aromatic heterocycles. The van der Waals surface area contributed by atoms with Crippen molar-refractivity contribution in [1.29, 1.82) is 0 Å². The Morgan fingerprint density at radius 2 is 1.86 bits per heavy atom. The van der Waals surface area contributed by atoms with Gasteiger partial charge in [0.1, 0.15) is 17.4 Å². The summed E-state index contributed by atoms with van der Waals surface area (Å²) in [5.41, 5.74) is 1.40. The van der Waals surface area contributed by atoms with Gasteiger partial charge >= 0.3 is 5.69 Å². The lowest BCUT2D eigenvalue weighted by molar-refractivity contribution is 0.120. The molecule has 178 valence electrons. The molecule has 2 saturated heterocycles. The molecule has 2 N–H and O–H groups in total. The molecule has 0 unspecified atom stereocenters. The summed E-state index contributed by atoms with van der Waals surface area (Å²) in [4.78, 5) is 19.2. The van der Waals surface area contributed by atoms with Crippen LogP contribution in [0.5, 0.6) is 5.75 Å². The van der Waals surface area contributed by atoms with Crippen LogP contribution in [-0.4, -0.2) is 45.4 Å². The van der Waals surface area contributed by atoms with Gasteiger partial charge in [0.05, 0.1) is 10.7 Å². The number of halogens is 2. The summed E-state index contributed by atoms with van der Waals surface area (Å²) in [5.74, 6) is 0.106. The van der Waals surface area contributed by atoms with Crippen molar-refractivity contribution in [3.63, 3.8) is 0 Å². The summed E-state index contributed by atoms with van der Waals surface area (Å²) in [5, 5.41) is 14.6. The van der Waals surface area contributed by atoms with E-state index in [1.54, 1.807) is 18.3 Å². The van der Waals surface area contributed by atoms with Crippen LogP contribution in [0.1, 0.15) is 4.11 Å². The molecule has 0 amide bonds. The van der Waals surface area contributed by atoms with E-state index in [0.717, 1.165) is 42.8 Å². The smallest absolute Gasteiger partial charge is 0.332 e. The van der Waals surface area contributed by atoms with Crippen molar-refractivity contribution < 1.29 is 13.6 Å². The highest BCUT2D eigenvalue weighted by atomic mass is 35.5. The van der Waals surface area contributed by atoms with Crippen molar-refractivity contribution in [2.45, 2.75) is 0 Å². The fourth-order valence-corrected chi connectivity index (χ4v) is 5.13. The Morgan fingerprint density at radius 1 is 1.11 bits per heavy atom. The van der Waals surface area contributed by atoms with Crippen LogP contribution in [0, 0.1) is 11.2 Å². The highest BCUT2D eigenvalue weighted by molar-refractivity contribution is 6.32. The number of pyridine rings is 1. The van der Waals surface area contributed by atoms with E-state index in [9.17, 15) is 14.3 Å². The number of aromatic hydroxyl groups is 1. The molecule has 0 saturated carbocycles. The number of phenols is 1. The summed E-state index contributed by atoms with van der Waals surface area (Å²) in [7, 11) is 0. The van der Waals surface area contributed by atoms with Gasteiger partial charge in [0.2, 0.25) is 0 Å². The van der Waals surface area contributed by atoms with Crippen molar-refractivity contribution in [1.82, 2.24) is 19.4 Å². The zero-order chi connectivity index (χ0) is 26.8. The third-order valence-electron chi connectivity index (χ3n) is 6.80. The van der Waals surface area contributed by atoms with Crippen LogP contribution >= 0.6 is 11.6 Å². The van der Waals surface area contributed by atoms with Gasteiger partial charge in [-0.15, -0.1) is 0 Å². The molecule has 35 heavy (non-hydrogen) atoms. The van der Waals surface area contributed by atoms with Gasteiger partial charge in [0.15, 0.2) is 0 Å². The molecule has 0 radical (unpaired) electrons. The van der Waals surface area contributed by atoms with E-state index in [-0.39, 0.29) is 22.0 Å². The molecule has 7 nitrogen and oxygen atoms in total. The summed E-state index contributed by atoms with van der Waals surface area (Å²) >= 11 is 6.47. The van der Waals surface area contributed by atoms with Crippen molar-refractivity contribution >= 4 is 17.4 Å². The van der Waals surface area contributed by atoms with Crippen LogP contribution in [0.2, 0.25) is 5.02 Å².